The minimum absolute atomic E-state index is 0.167. The lowest BCUT2D eigenvalue weighted by Gasteiger charge is -1.94. The Balaban J connectivity index is 0.000000310. The minimum atomic E-state index is 0.167. The summed E-state index contributed by atoms with van der Waals surface area (Å²) in [5, 5.41) is 1.24. The largest absolute Gasteiger partial charge is 0.300 e. The van der Waals surface area contributed by atoms with Crippen molar-refractivity contribution in [2.45, 2.75) is 20.8 Å². The smallest absolute Gasteiger partial charge is 0.126 e. The Hall–Kier alpha value is -0.530. The van der Waals surface area contributed by atoms with Crippen molar-refractivity contribution in [3.63, 3.8) is 0 Å². The van der Waals surface area contributed by atoms with E-state index in [1.54, 1.807) is 6.07 Å². The lowest BCUT2D eigenvalue weighted by molar-refractivity contribution is -0.114. The van der Waals surface area contributed by atoms with E-state index in [1.807, 2.05) is 19.1 Å². The lowest BCUT2D eigenvalue weighted by Crippen LogP contribution is -1.70. The minimum Gasteiger partial charge on any atom is -0.300 e. The molecule has 0 heterocycles. The van der Waals surface area contributed by atoms with E-state index in [-0.39, 0.29) is 5.78 Å². The maximum Gasteiger partial charge on any atom is 0.126 e. The van der Waals surface area contributed by atoms with Crippen LogP contribution < -0.4 is 0 Å². The van der Waals surface area contributed by atoms with Crippen molar-refractivity contribution < 1.29 is 4.79 Å². The second-order valence-electron chi connectivity index (χ2n) is 2.83. The van der Waals surface area contributed by atoms with Crippen molar-refractivity contribution in [1.82, 2.24) is 0 Å². The Morgan fingerprint density at radius 2 is 1.62 bits per heavy atom. The first-order valence-corrected chi connectivity index (χ1v) is 4.58. The summed E-state index contributed by atoms with van der Waals surface area (Å²) in [7, 11) is 0. The zero-order chi connectivity index (χ0) is 10.4. The number of Topliss-reactive ketones (excluding diaryl/α,β-unsaturated/α-hetero) is 1. The quantitative estimate of drug-likeness (QED) is 0.646. The molecule has 0 aliphatic heterocycles. The number of carbonyl (C=O) groups excluding carboxylic acids is 1. The lowest BCUT2D eigenvalue weighted by atomic mass is 10.2. The van der Waals surface area contributed by atoms with E-state index in [9.17, 15) is 4.79 Å². The van der Waals surface area contributed by atoms with Gasteiger partial charge in [0.05, 0.1) is 10.0 Å². The third kappa shape index (κ3) is 6.62. The van der Waals surface area contributed by atoms with Crippen molar-refractivity contribution in [3.8, 4) is 0 Å². The standard InChI is InChI=1S/C7H6Cl2.C3H6O/c1-5-2-3-6(8)7(9)4-5;1-3(2)4/h2-4H,1H3;1-2H3. The summed E-state index contributed by atoms with van der Waals surface area (Å²) in [6.07, 6.45) is 0. The van der Waals surface area contributed by atoms with E-state index in [4.69, 9.17) is 23.2 Å². The molecule has 1 rings (SSSR count). The molecule has 0 unspecified atom stereocenters. The van der Waals surface area contributed by atoms with E-state index in [1.165, 1.54) is 13.8 Å². The summed E-state index contributed by atoms with van der Waals surface area (Å²) in [6, 6.07) is 5.55. The third-order valence-electron chi connectivity index (χ3n) is 1.08. The second kappa shape index (κ2) is 6.01. The van der Waals surface area contributed by atoms with E-state index >= 15 is 0 Å². The molecule has 1 nitrogen and oxygen atoms in total. The predicted molar refractivity (Wildman–Crippen MR) is 57.6 cm³/mol. The first-order valence-electron chi connectivity index (χ1n) is 3.82. The Kier molecular flexibility index (Phi) is 5.76. The molecular formula is C10H12Cl2O. The molecule has 0 spiro atoms. The van der Waals surface area contributed by atoms with Crippen molar-refractivity contribution >= 4 is 29.0 Å². The summed E-state index contributed by atoms with van der Waals surface area (Å²) in [6.45, 7) is 5.03. The van der Waals surface area contributed by atoms with Crippen LogP contribution in [0.15, 0.2) is 18.2 Å². The van der Waals surface area contributed by atoms with E-state index in [0.29, 0.717) is 10.0 Å². The Labute approximate surface area is 88.7 Å². The van der Waals surface area contributed by atoms with Crippen LogP contribution in [0.25, 0.3) is 0 Å². The highest BCUT2D eigenvalue weighted by Gasteiger charge is 1.93. The van der Waals surface area contributed by atoms with Crippen LogP contribution in [0.3, 0.4) is 0 Å². The van der Waals surface area contributed by atoms with E-state index in [2.05, 4.69) is 0 Å². The van der Waals surface area contributed by atoms with Crippen LogP contribution in [-0.2, 0) is 4.79 Å². The Morgan fingerprint density at radius 1 is 1.15 bits per heavy atom. The molecule has 0 N–H and O–H groups in total. The van der Waals surface area contributed by atoms with Crippen molar-refractivity contribution in [3.05, 3.63) is 33.8 Å². The van der Waals surface area contributed by atoms with Crippen LogP contribution >= 0.6 is 23.2 Å². The summed E-state index contributed by atoms with van der Waals surface area (Å²) >= 11 is 11.3. The molecule has 3 heteroatoms. The number of benzene rings is 1. The van der Waals surface area contributed by atoms with Gasteiger partial charge in [0.1, 0.15) is 5.78 Å². The van der Waals surface area contributed by atoms with Gasteiger partial charge in [-0.3, -0.25) is 0 Å². The second-order valence-corrected chi connectivity index (χ2v) is 3.64. The number of ketones is 1. The zero-order valence-corrected chi connectivity index (χ0v) is 9.41. The Morgan fingerprint density at radius 3 is 1.92 bits per heavy atom. The van der Waals surface area contributed by atoms with Gasteiger partial charge in [0.2, 0.25) is 0 Å². The van der Waals surface area contributed by atoms with Crippen LogP contribution in [0.4, 0.5) is 0 Å². The van der Waals surface area contributed by atoms with Gasteiger partial charge < -0.3 is 4.79 Å². The molecule has 0 saturated heterocycles. The molecule has 13 heavy (non-hydrogen) atoms. The highest BCUT2D eigenvalue weighted by Crippen LogP contribution is 2.21. The molecule has 0 aliphatic rings. The molecule has 0 aliphatic carbocycles. The number of rotatable bonds is 0. The molecule has 1 aromatic carbocycles. The van der Waals surface area contributed by atoms with Gasteiger partial charge in [0, 0.05) is 0 Å². The first-order chi connectivity index (χ1) is 5.93. The average molecular weight is 219 g/mol. The number of aryl methyl sites for hydroxylation is 1. The zero-order valence-electron chi connectivity index (χ0n) is 7.90. The average Bonchev–Trinajstić information content (AvgIpc) is 1.96. The van der Waals surface area contributed by atoms with Crippen LogP contribution in [0.5, 0.6) is 0 Å². The van der Waals surface area contributed by atoms with Gasteiger partial charge in [0.25, 0.3) is 0 Å². The normalized spacial score (nSPS) is 8.69. The highest BCUT2D eigenvalue weighted by atomic mass is 35.5. The van der Waals surface area contributed by atoms with Crippen molar-refractivity contribution in [1.29, 1.82) is 0 Å². The number of halogens is 2. The fourth-order valence-electron chi connectivity index (χ4n) is 0.601. The molecule has 72 valence electrons. The summed E-state index contributed by atoms with van der Waals surface area (Å²) in [4.78, 5) is 9.44. The molecule has 1 aromatic rings. The van der Waals surface area contributed by atoms with Gasteiger partial charge in [-0.1, -0.05) is 29.3 Å². The van der Waals surface area contributed by atoms with Crippen LogP contribution in [0, 0.1) is 6.92 Å². The molecular weight excluding hydrogens is 207 g/mol. The van der Waals surface area contributed by atoms with E-state index < -0.39 is 0 Å². The van der Waals surface area contributed by atoms with Gasteiger partial charge in [-0.25, -0.2) is 0 Å². The first kappa shape index (κ1) is 12.5. The molecule has 0 bridgehead atoms. The predicted octanol–water partition coefficient (Wildman–Crippen LogP) is 3.90. The molecule has 0 fully saturated rings. The highest BCUT2D eigenvalue weighted by molar-refractivity contribution is 6.41. The van der Waals surface area contributed by atoms with Crippen LogP contribution in [0.1, 0.15) is 19.4 Å². The van der Waals surface area contributed by atoms with Gasteiger partial charge in [-0.15, -0.1) is 0 Å². The van der Waals surface area contributed by atoms with E-state index in [0.717, 1.165) is 5.56 Å². The van der Waals surface area contributed by atoms with Gasteiger partial charge in [-0.2, -0.15) is 0 Å². The summed E-state index contributed by atoms with van der Waals surface area (Å²) in [5.74, 6) is 0.167. The topological polar surface area (TPSA) is 17.1 Å². The maximum absolute atomic E-state index is 9.44. The fraction of sp³-hybridized carbons (Fsp3) is 0.300. The maximum atomic E-state index is 9.44. The number of carbonyl (C=O) groups is 1. The number of hydrogen-bond acceptors (Lipinski definition) is 1. The van der Waals surface area contributed by atoms with Crippen molar-refractivity contribution in [2.24, 2.45) is 0 Å². The van der Waals surface area contributed by atoms with Crippen LogP contribution in [-0.4, -0.2) is 5.78 Å². The van der Waals surface area contributed by atoms with Crippen LogP contribution in [0.2, 0.25) is 10.0 Å². The Bertz CT molecular complexity index is 291. The monoisotopic (exact) mass is 218 g/mol. The number of hydrogen-bond donors (Lipinski definition) is 0. The van der Waals surface area contributed by atoms with Gasteiger partial charge in [-0.05, 0) is 38.5 Å². The summed E-state index contributed by atoms with van der Waals surface area (Å²) < 4.78 is 0. The van der Waals surface area contributed by atoms with Crippen molar-refractivity contribution in [2.75, 3.05) is 0 Å². The SMILES string of the molecule is CC(C)=O.Cc1ccc(Cl)c(Cl)c1. The molecule has 0 amide bonds. The molecule has 0 aromatic heterocycles. The molecule has 0 saturated carbocycles. The fourth-order valence-corrected chi connectivity index (χ4v) is 0.954. The third-order valence-corrected chi connectivity index (χ3v) is 1.81. The summed E-state index contributed by atoms with van der Waals surface area (Å²) in [5.41, 5.74) is 1.13. The molecule has 0 radical (unpaired) electrons. The van der Waals surface area contributed by atoms with Gasteiger partial charge >= 0.3 is 0 Å². The van der Waals surface area contributed by atoms with Gasteiger partial charge in [0.15, 0.2) is 0 Å². The molecule has 0 atom stereocenters.